The van der Waals surface area contributed by atoms with Crippen molar-refractivity contribution in [3.8, 4) is 0 Å². The van der Waals surface area contributed by atoms with Gasteiger partial charge in [-0.1, -0.05) is 24.3 Å². The van der Waals surface area contributed by atoms with Crippen LogP contribution in [0.15, 0.2) is 54.7 Å². The first-order valence-electron chi connectivity index (χ1n) is 6.95. The monoisotopic (exact) mass is 318 g/mol. The lowest BCUT2D eigenvalue weighted by atomic mass is 10.1. The van der Waals surface area contributed by atoms with E-state index in [1.807, 2.05) is 24.3 Å². The van der Waals surface area contributed by atoms with Gasteiger partial charge in [0.05, 0.1) is 12.0 Å². The largest absolute Gasteiger partial charge is 0.416 e. The average Bonchev–Trinajstić information content (AvgIpc) is 2.90. The van der Waals surface area contributed by atoms with Crippen molar-refractivity contribution in [2.45, 2.75) is 12.6 Å². The van der Waals surface area contributed by atoms with Crippen LogP contribution < -0.4 is 5.32 Å². The lowest BCUT2D eigenvalue weighted by Crippen LogP contribution is -2.15. The topological polar surface area (TPSA) is 44.9 Å². The summed E-state index contributed by atoms with van der Waals surface area (Å²) in [5, 5.41) is 3.43. The van der Waals surface area contributed by atoms with E-state index in [1.165, 1.54) is 12.1 Å². The van der Waals surface area contributed by atoms with Crippen LogP contribution in [0.1, 0.15) is 11.1 Å². The van der Waals surface area contributed by atoms with Crippen LogP contribution in [-0.4, -0.2) is 10.9 Å². The number of para-hydroxylation sites is 1. The number of H-pyrrole nitrogens is 1. The Balaban J connectivity index is 1.75. The summed E-state index contributed by atoms with van der Waals surface area (Å²) in [7, 11) is 0. The number of fused-ring (bicyclic) bond motifs is 1. The fourth-order valence-electron chi connectivity index (χ4n) is 2.43. The van der Waals surface area contributed by atoms with Crippen molar-refractivity contribution in [2.24, 2.45) is 0 Å². The van der Waals surface area contributed by atoms with Gasteiger partial charge in [-0.3, -0.25) is 4.79 Å². The molecule has 0 fully saturated rings. The molecule has 23 heavy (non-hydrogen) atoms. The Kier molecular flexibility index (Phi) is 3.82. The number of aromatic nitrogens is 1. The molecule has 3 nitrogen and oxygen atoms in total. The summed E-state index contributed by atoms with van der Waals surface area (Å²) >= 11 is 0. The van der Waals surface area contributed by atoms with Gasteiger partial charge < -0.3 is 10.3 Å². The number of rotatable bonds is 3. The third-order valence-corrected chi connectivity index (χ3v) is 3.50. The van der Waals surface area contributed by atoms with E-state index in [-0.39, 0.29) is 18.0 Å². The summed E-state index contributed by atoms with van der Waals surface area (Å²) in [5.74, 6) is -0.367. The summed E-state index contributed by atoms with van der Waals surface area (Å²) < 4.78 is 38.0. The van der Waals surface area contributed by atoms with Gasteiger partial charge in [0.2, 0.25) is 5.91 Å². The van der Waals surface area contributed by atoms with Crippen molar-refractivity contribution < 1.29 is 18.0 Å². The van der Waals surface area contributed by atoms with Crippen LogP contribution >= 0.6 is 0 Å². The zero-order chi connectivity index (χ0) is 16.4. The number of carbonyl (C=O) groups is 1. The molecule has 2 N–H and O–H groups in total. The molecule has 1 amide bonds. The van der Waals surface area contributed by atoms with Crippen LogP contribution in [0.5, 0.6) is 0 Å². The van der Waals surface area contributed by atoms with Crippen LogP contribution in [0.3, 0.4) is 0 Å². The molecular formula is C17H13F3N2O. The number of alkyl halides is 3. The number of carbonyl (C=O) groups excluding carboxylic acids is 1. The molecule has 0 aliphatic carbocycles. The number of hydrogen-bond donors (Lipinski definition) is 2. The zero-order valence-electron chi connectivity index (χ0n) is 11.9. The molecule has 0 atom stereocenters. The predicted octanol–water partition coefficient (Wildman–Crippen LogP) is 4.37. The van der Waals surface area contributed by atoms with Crippen molar-refractivity contribution >= 4 is 22.5 Å². The number of benzene rings is 2. The van der Waals surface area contributed by atoms with E-state index < -0.39 is 11.7 Å². The van der Waals surface area contributed by atoms with E-state index in [1.54, 1.807) is 6.20 Å². The number of anilines is 1. The Bertz CT molecular complexity index is 852. The predicted molar refractivity (Wildman–Crippen MR) is 82.1 cm³/mol. The van der Waals surface area contributed by atoms with Gasteiger partial charge in [0.15, 0.2) is 0 Å². The quantitative estimate of drug-likeness (QED) is 0.740. The Labute approximate surface area is 130 Å². The highest BCUT2D eigenvalue weighted by molar-refractivity contribution is 5.95. The van der Waals surface area contributed by atoms with E-state index >= 15 is 0 Å². The molecule has 0 spiro atoms. The van der Waals surface area contributed by atoms with Gasteiger partial charge in [-0.2, -0.15) is 13.2 Å². The van der Waals surface area contributed by atoms with Gasteiger partial charge in [-0.25, -0.2) is 0 Å². The Morgan fingerprint density at radius 2 is 1.87 bits per heavy atom. The van der Waals surface area contributed by atoms with Crippen LogP contribution in [0.25, 0.3) is 10.9 Å². The molecule has 2 aromatic carbocycles. The van der Waals surface area contributed by atoms with Crippen LogP contribution in [0, 0.1) is 0 Å². The van der Waals surface area contributed by atoms with Crippen molar-refractivity contribution in [3.63, 3.8) is 0 Å². The highest BCUT2D eigenvalue weighted by Crippen LogP contribution is 2.30. The minimum atomic E-state index is -4.43. The van der Waals surface area contributed by atoms with Crippen molar-refractivity contribution in [2.75, 3.05) is 5.32 Å². The van der Waals surface area contributed by atoms with E-state index in [2.05, 4.69) is 10.3 Å². The Morgan fingerprint density at radius 3 is 2.65 bits per heavy atom. The summed E-state index contributed by atoms with van der Waals surface area (Å²) in [4.78, 5) is 15.1. The van der Waals surface area contributed by atoms with Gasteiger partial charge in [-0.15, -0.1) is 0 Å². The molecule has 0 aliphatic heterocycles. The molecule has 0 bridgehead atoms. The van der Waals surface area contributed by atoms with Crippen molar-refractivity contribution in [1.29, 1.82) is 0 Å². The molecule has 0 saturated carbocycles. The number of halogens is 3. The maximum absolute atomic E-state index is 12.7. The van der Waals surface area contributed by atoms with Gasteiger partial charge in [0.25, 0.3) is 0 Å². The molecule has 118 valence electrons. The first-order chi connectivity index (χ1) is 10.9. The zero-order valence-corrected chi connectivity index (χ0v) is 11.9. The molecule has 6 heteroatoms. The van der Waals surface area contributed by atoms with Crippen LogP contribution in [-0.2, 0) is 17.4 Å². The molecule has 0 unspecified atom stereocenters. The first-order valence-corrected chi connectivity index (χ1v) is 6.95. The Morgan fingerprint density at radius 1 is 1.09 bits per heavy atom. The molecule has 3 rings (SSSR count). The summed E-state index contributed by atoms with van der Waals surface area (Å²) in [6.45, 7) is 0. The number of aromatic amines is 1. The lowest BCUT2D eigenvalue weighted by Gasteiger charge is -2.09. The fourth-order valence-corrected chi connectivity index (χ4v) is 2.43. The maximum atomic E-state index is 12.7. The van der Waals surface area contributed by atoms with E-state index in [0.717, 1.165) is 28.6 Å². The molecule has 1 aromatic heterocycles. The van der Waals surface area contributed by atoms with Crippen LogP contribution in [0.4, 0.5) is 18.9 Å². The van der Waals surface area contributed by atoms with Gasteiger partial charge in [0, 0.05) is 22.8 Å². The van der Waals surface area contributed by atoms with Gasteiger partial charge in [-0.05, 0) is 29.8 Å². The fraction of sp³-hybridized carbons (Fsp3) is 0.118. The second kappa shape index (κ2) is 5.79. The standard InChI is InChI=1S/C17H13F3N2O/c18-17(19,20)12-4-3-5-13(9-12)22-16(23)8-11-10-21-15-7-2-1-6-14(11)15/h1-7,9-10,21H,8H2,(H,22,23). The van der Waals surface area contributed by atoms with Gasteiger partial charge >= 0.3 is 6.18 Å². The molecule has 1 heterocycles. The summed E-state index contributed by atoms with van der Waals surface area (Å²) in [6.07, 6.45) is -2.62. The lowest BCUT2D eigenvalue weighted by molar-refractivity contribution is -0.137. The summed E-state index contributed by atoms with van der Waals surface area (Å²) in [5.41, 5.74) is 1.05. The van der Waals surface area contributed by atoms with E-state index in [4.69, 9.17) is 0 Å². The second-order valence-electron chi connectivity index (χ2n) is 5.16. The first kappa shape index (κ1) is 15.1. The number of nitrogens with one attached hydrogen (secondary N) is 2. The Hall–Kier alpha value is -2.76. The normalized spacial score (nSPS) is 11.6. The summed E-state index contributed by atoms with van der Waals surface area (Å²) in [6, 6.07) is 12.1. The van der Waals surface area contributed by atoms with Crippen LogP contribution in [0.2, 0.25) is 0 Å². The molecule has 0 radical (unpaired) electrons. The minimum absolute atomic E-state index is 0.0836. The highest BCUT2D eigenvalue weighted by Gasteiger charge is 2.30. The second-order valence-corrected chi connectivity index (χ2v) is 5.16. The molecular weight excluding hydrogens is 305 g/mol. The molecule has 3 aromatic rings. The molecule has 0 saturated heterocycles. The van der Waals surface area contributed by atoms with Crippen molar-refractivity contribution in [3.05, 3.63) is 65.9 Å². The number of amides is 1. The third-order valence-electron chi connectivity index (χ3n) is 3.50. The van der Waals surface area contributed by atoms with Gasteiger partial charge in [0.1, 0.15) is 0 Å². The number of hydrogen-bond acceptors (Lipinski definition) is 1. The minimum Gasteiger partial charge on any atom is -0.361 e. The average molecular weight is 318 g/mol. The van der Waals surface area contributed by atoms with E-state index in [0.29, 0.717) is 0 Å². The smallest absolute Gasteiger partial charge is 0.361 e. The SMILES string of the molecule is O=C(Cc1c[nH]c2ccccc12)Nc1cccc(C(F)(F)F)c1. The molecule has 0 aliphatic rings. The van der Waals surface area contributed by atoms with Crippen molar-refractivity contribution in [1.82, 2.24) is 4.98 Å². The highest BCUT2D eigenvalue weighted by atomic mass is 19.4. The van der Waals surface area contributed by atoms with E-state index in [9.17, 15) is 18.0 Å². The third kappa shape index (κ3) is 3.36. The maximum Gasteiger partial charge on any atom is 0.416 e.